The van der Waals surface area contributed by atoms with Crippen molar-refractivity contribution in [3.63, 3.8) is 0 Å². The van der Waals surface area contributed by atoms with Gasteiger partial charge in [0.1, 0.15) is 0 Å². The van der Waals surface area contributed by atoms with Gasteiger partial charge in [0.05, 0.1) is 6.10 Å². The minimum Gasteiger partial charge on any atom is -0.390 e. The van der Waals surface area contributed by atoms with Crippen LogP contribution in [0.15, 0.2) is 30.3 Å². The number of hydrogen-bond donors (Lipinski definition) is 2. The molecule has 1 fully saturated rings. The first-order valence-electron chi connectivity index (χ1n) is 8.04. The Balaban J connectivity index is 1.63. The topological polar surface area (TPSA) is 55.8 Å². The van der Waals surface area contributed by atoms with Gasteiger partial charge in [0.2, 0.25) is 5.91 Å². The SMILES string of the molecule is CN1CCN(C(=O)CCCNCc2ccccc2)CC(O)C1. The zero-order valence-electron chi connectivity index (χ0n) is 13.4. The molecule has 1 saturated heterocycles. The van der Waals surface area contributed by atoms with Crippen LogP contribution in [-0.2, 0) is 11.3 Å². The van der Waals surface area contributed by atoms with Crippen molar-refractivity contribution in [2.24, 2.45) is 0 Å². The van der Waals surface area contributed by atoms with Gasteiger partial charge in [-0.25, -0.2) is 0 Å². The number of likely N-dealkylation sites (N-methyl/N-ethyl adjacent to an activating group) is 1. The molecule has 0 spiro atoms. The highest BCUT2D eigenvalue weighted by molar-refractivity contribution is 5.76. The molecule has 1 aromatic carbocycles. The van der Waals surface area contributed by atoms with E-state index in [0.717, 1.165) is 26.1 Å². The number of β-amino-alcohol motifs (C(OH)–C–C–N with tert-alkyl or cyclic N) is 1. The average molecular weight is 305 g/mol. The summed E-state index contributed by atoms with van der Waals surface area (Å²) in [5, 5.41) is 13.2. The van der Waals surface area contributed by atoms with Crippen LogP contribution in [0.1, 0.15) is 18.4 Å². The Morgan fingerprint density at radius 2 is 2.05 bits per heavy atom. The van der Waals surface area contributed by atoms with E-state index in [9.17, 15) is 9.90 Å². The fourth-order valence-electron chi connectivity index (χ4n) is 2.72. The van der Waals surface area contributed by atoms with Gasteiger partial charge >= 0.3 is 0 Å². The molecule has 1 aliphatic rings. The van der Waals surface area contributed by atoms with E-state index < -0.39 is 6.10 Å². The van der Waals surface area contributed by atoms with Gasteiger partial charge in [-0.2, -0.15) is 0 Å². The zero-order chi connectivity index (χ0) is 15.8. The average Bonchev–Trinajstić information content (AvgIpc) is 2.68. The van der Waals surface area contributed by atoms with Gasteiger partial charge in [-0.1, -0.05) is 30.3 Å². The standard InChI is InChI=1S/C17H27N3O2/c1-19-10-11-20(14-16(21)13-19)17(22)8-5-9-18-12-15-6-3-2-4-7-15/h2-4,6-7,16,18,21H,5,8-14H2,1H3. The molecule has 0 bridgehead atoms. The number of nitrogens with one attached hydrogen (secondary N) is 1. The number of carbonyl (C=O) groups excluding carboxylic acids is 1. The predicted octanol–water partition coefficient (Wildman–Crippen LogP) is 0.691. The van der Waals surface area contributed by atoms with Crippen LogP contribution in [0.25, 0.3) is 0 Å². The van der Waals surface area contributed by atoms with Crippen LogP contribution in [0, 0.1) is 0 Å². The molecule has 1 amide bonds. The lowest BCUT2D eigenvalue weighted by molar-refractivity contribution is -0.132. The van der Waals surface area contributed by atoms with Crippen molar-refractivity contribution in [1.82, 2.24) is 15.1 Å². The fourth-order valence-corrected chi connectivity index (χ4v) is 2.72. The molecule has 22 heavy (non-hydrogen) atoms. The Kier molecular flexibility index (Phi) is 6.83. The quantitative estimate of drug-likeness (QED) is 0.760. The Labute approximate surface area is 132 Å². The highest BCUT2D eigenvalue weighted by atomic mass is 16.3. The maximum atomic E-state index is 12.2. The summed E-state index contributed by atoms with van der Waals surface area (Å²) in [6.07, 6.45) is 0.930. The van der Waals surface area contributed by atoms with E-state index in [4.69, 9.17) is 0 Å². The summed E-state index contributed by atoms with van der Waals surface area (Å²) >= 11 is 0. The molecule has 0 aromatic heterocycles. The van der Waals surface area contributed by atoms with E-state index >= 15 is 0 Å². The number of hydrogen-bond acceptors (Lipinski definition) is 4. The second-order valence-electron chi connectivity index (χ2n) is 6.02. The second kappa shape index (κ2) is 8.88. The minimum absolute atomic E-state index is 0.149. The Morgan fingerprint density at radius 3 is 2.82 bits per heavy atom. The Morgan fingerprint density at radius 1 is 1.27 bits per heavy atom. The molecule has 1 atom stereocenters. The lowest BCUT2D eigenvalue weighted by Crippen LogP contribution is -2.37. The van der Waals surface area contributed by atoms with E-state index in [0.29, 0.717) is 26.1 Å². The maximum absolute atomic E-state index is 12.2. The van der Waals surface area contributed by atoms with Gasteiger partial charge < -0.3 is 20.2 Å². The maximum Gasteiger partial charge on any atom is 0.222 e. The van der Waals surface area contributed by atoms with Gasteiger partial charge in [0.15, 0.2) is 0 Å². The van der Waals surface area contributed by atoms with Crippen LogP contribution < -0.4 is 5.32 Å². The molecule has 5 nitrogen and oxygen atoms in total. The normalized spacial score (nSPS) is 19.9. The van der Waals surface area contributed by atoms with Crippen LogP contribution in [0.5, 0.6) is 0 Å². The van der Waals surface area contributed by atoms with E-state index in [1.165, 1.54) is 5.56 Å². The zero-order valence-corrected chi connectivity index (χ0v) is 13.4. The summed E-state index contributed by atoms with van der Waals surface area (Å²) in [6, 6.07) is 10.3. The summed E-state index contributed by atoms with van der Waals surface area (Å²) in [5.74, 6) is 0.149. The molecule has 122 valence electrons. The van der Waals surface area contributed by atoms with Crippen molar-refractivity contribution in [3.05, 3.63) is 35.9 Å². The molecular weight excluding hydrogens is 278 g/mol. The molecule has 0 saturated carbocycles. The molecule has 1 unspecified atom stereocenters. The van der Waals surface area contributed by atoms with Gasteiger partial charge in [0.25, 0.3) is 0 Å². The van der Waals surface area contributed by atoms with Crippen LogP contribution in [-0.4, -0.2) is 66.7 Å². The van der Waals surface area contributed by atoms with Gasteiger partial charge in [-0.3, -0.25) is 4.79 Å². The third kappa shape index (κ3) is 5.75. The van der Waals surface area contributed by atoms with Crippen LogP contribution >= 0.6 is 0 Å². The lowest BCUT2D eigenvalue weighted by Gasteiger charge is -2.21. The molecule has 2 rings (SSSR count). The third-order valence-electron chi connectivity index (χ3n) is 3.97. The number of carbonyl (C=O) groups is 1. The molecule has 1 aliphatic heterocycles. The first-order valence-corrected chi connectivity index (χ1v) is 8.04. The number of amides is 1. The Hall–Kier alpha value is -1.43. The number of nitrogens with zero attached hydrogens (tertiary/aromatic N) is 2. The molecule has 0 aliphatic carbocycles. The highest BCUT2D eigenvalue weighted by Gasteiger charge is 2.22. The van der Waals surface area contributed by atoms with Crippen molar-refractivity contribution in [1.29, 1.82) is 0 Å². The molecule has 1 heterocycles. The van der Waals surface area contributed by atoms with Gasteiger partial charge in [0, 0.05) is 39.1 Å². The van der Waals surface area contributed by atoms with Crippen molar-refractivity contribution in [2.75, 3.05) is 39.8 Å². The number of rotatable bonds is 6. The van der Waals surface area contributed by atoms with E-state index in [2.05, 4.69) is 22.3 Å². The van der Waals surface area contributed by atoms with E-state index in [1.54, 1.807) is 4.90 Å². The van der Waals surface area contributed by atoms with Gasteiger partial charge in [-0.15, -0.1) is 0 Å². The van der Waals surface area contributed by atoms with Crippen molar-refractivity contribution in [3.8, 4) is 0 Å². The van der Waals surface area contributed by atoms with E-state index in [1.807, 2.05) is 25.2 Å². The van der Waals surface area contributed by atoms with Crippen molar-refractivity contribution >= 4 is 5.91 Å². The summed E-state index contributed by atoms with van der Waals surface area (Å²) in [7, 11) is 1.98. The highest BCUT2D eigenvalue weighted by Crippen LogP contribution is 2.05. The van der Waals surface area contributed by atoms with Crippen molar-refractivity contribution in [2.45, 2.75) is 25.5 Å². The smallest absolute Gasteiger partial charge is 0.222 e. The largest absolute Gasteiger partial charge is 0.390 e. The minimum atomic E-state index is -0.437. The molecule has 1 aromatic rings. The first kappa shape index (κ1) is 16.9. The predicted molar refractivity (Wildman–Crippen MR) is 87.5 cm³/mol. The lowest BCUT2D eigenvalue weighted by atomic mass is 10.2. The van der Waals surface area contributed by atoms with Crippen LogP contribution in [0.3, 0.4) is 0 Å². The van der Waals surface area contributed by atoms with Crippen LogP contribution in [0.4, 0.5) is 0 Å². The van der Waals surface area contributed by atoms with Gasteiger partial charge in [-0.05, 0) is 25.6 Å². The summed E-state index contributed by atoms with van der Waals surface area (Å²) < 4.78 is 0. The number of aliphatic hydroxyl groups excluding tert-OH is 1. The summed E-state index contributed by atoms with van der Waals surface area (Å²) in [5.41, 5.74) is 1.26. The fraction of sp³-hybridized carbons (Fsp3) is 0.588. The third-order valence-corrected chi connectivity index (χ3v) is 3.97. The van der Waals surface area contributed by atoms with E-state index in [-0.39, 0.29) is 5.91 Å². The summed E-state index contributed by atoms with van der Waals surface area (Å²) in [4.78, 5) is 16.1. The first-order chi connectivity index (χ1) is 10.6. The summed E-state index contributed by atoms with van der Waals surface area (Å²) in [6.45, 7) is 4.31. The number of aliphatic hydroxyl groups is 1. The van der Waals surface area contributed by atoms with Crippen molar-refractivity contribution < 1.29 is 9.90 Å². The van der Waals surface area contributed by atoms with Crippen LogP contribution in [0.2, 0.25) is 0 Å². The monoisotopic (exact) mass is 305 g/mol. The molecule has 2 N–H and O–H groups in total. The Bertz CT molecular complexity index is 452. The second-order valence-corrected chi connectivity index (χ2v) is 6.02. The molecular formula is C17H27N3O2. The molecule has 0 radical (unpaired) electrons. The molecule has 5 heteroatoms. The number of benzene rings is 1.